The average Bonchev–Trinajstić information content (AvgIpc) is 2.99. The Labute approximate surface area is 101 Å². The molecule has 1 saturated heterocycles. The molecule has 1 aliphatic heterocycles. The highest BCUT2D eigenvalue weighted by atomic mass is 16.1. The summed E-state index contributed by atoms with van der Waals surface area (Å²) in [5, 5.41) is 10.3. The summed E-state index contributed by atoms with van der Waals surface area (Å²) in [5.41, 5.74) is -0.0162. The number of nitrogens with one attached hydrogen (secondary N) is 2. The highest BCUT2D eigenvalue weighted by molar-refractivity contribution is 5.02. The van der Waals surface area contributed by atoms with E-state index in [1.807, 2.05) is 4.57 Å². The molecular formula is C12H20N4O. The normalized spacial score (nSPS) is 26.5. The Hall–Kier alpha value is -1.10. The molecule has 1 saturated carbocycles. The zero-order valence-corrected chi connectivity index (χ0v) is 10.1. The van der Waals surface area contributed by atoms with Crippen LogP contribution in [0.4, 0.5) is 0 Å². The molecule has 0 bridgehead atoms. The van der Waals surface area contributed by atoms with Gasteiger partial charge in [-0.05, 0) is 32.2 Å². The number of aromatic amines is 1. The van der Waals surface area contributed by atoms with Crippen LogP contribution in [0.15, 0.2) is 4.79 Å². The van der Waals surface area contributed by atoms with Crippen molar-refractivity contribution in [1.29, 1.82) is 0 Å². The molecule has 5 heteroatoms. The van der Waals surface area contributed by atoms with E-state index in [1.165, 1.54) is 19.3 Å². The van der Waals surface area contributed by atoms with Crippen molar-refractivity contribution in [2.24, 2.45) is 0 Å². The van der Waals surface area contributed by atoms with Gasteiger partial charge in [0.2, 0.25) is 0 Å². The fraction of sp³-hybridized carbons (Fsp3) is 0.833. The third-order valence-corrected chi connectivity index (χ3v) is 4.08. The number of nitrogens with zero attached hydrogens (tertiary/aromatic N) is 2. The van der Waals surface area contributed by atoms with Crippen LogP contribution in [0.3, 0.4) is 0 Å². The first-order chi connectivity index (χ1) is 8.36. The lowest BCUT2D eigenvalue weighted by atomic mass is 9.98. The van der Waals surface area contributed by atoms with E-state index in [4.69, 9.17) is 0 Å². The minimum Gasteiger partial charge on any atom is -0.316 e. The summed E-state index contributed by atoms with van der Waals surface area (Å²) in [6, 6.07) is 0.387. The Morgan fingerprint density at radius 3 is 2.71 bits per heavy atom. The summed E-state index contributed by atoms with van der Waals surface area (Å²) in [4.78, 5) is 11.9. The second-order valence-electron chi connectivity index (χ2n) is 5.24. The van der Waals surface area contributed by atoms with Crippen LogP contribution < -0.4 is 11.0 Å². The molecule has 0 aromatic carbocycles. The zero-order valence-electron chi connectivity index (χ0n) is 10.1. The molecule has 2 N–H and O–H groups in total. The molecule has 1 aromatic heterocycles. The number of hydrogen-bond donors (Lipinski definition) is 2. The van der Waals surface area contributed by atoms with Crippen molar-refractivity contribution in [3.63, 3.8) is 0 Å². The number of hydrogen-bond acceptors (Lipinski definition) is 3. The molecular weight excluding hydrogens is 216 g/mol. The number of rotatable bonds is 2. The van der Waals surface area contributed by atoms with Gasteiger partial charge in [-0.25, -0.2) is 9.89 Å². The van der Waals surface area contributed by atoms with Gasteiger partial charge in [-0.15, -0.1) is 0 Å². The topological polar surface area (TPSA) is 62.7 Å². The van der Waals surface area contributed by atoms with Crippen LogP contribution in [0.5, 0.6) is 0 Å². The largest absolute Gasteiger partial charge is 0.343 e. The molecule has 94 valence electrons. The second kappa shape index (κ2) is 4.64. The number of piperidine rings is 1. The van der Waals surface area contributed by atoms with Crippen LogP contribution in [-0.2, 0) is 0 Å². The lowest BCUT2D eigenvalue weighted by Crippen LogP contribution is -2.32. The van der Waals surface area contributed by atoms with Crippen LogP contribution >= 0.6 is 0 Å². The predicted molar refractivity (Wildman–Crippen MR) is 65.2 cm³/mol. The van der Waals surface area contributed by atoms with Crippen molar-refractivity contribution in [2.75, 3.05) is 13.1 Å². The van der Waals surface area contributed by atoms with Gasteiger partial charge < -0.3 is 5.32 Å². The maximum Gasteiger partial charge on any atom is 0.343 e. The molecule has 5 nitrogen and oxygen atoms in total. The molecule has 1 unspecified atom stereocenters. The van der Waals surface area contributed by atoms with Gasteiger partial charge in [0.25, 0.3) is 0 Å². The zero-order chi connectivity index (χ0) is 11.7. The minimum absolute atomic E-state index is 0.0162. The standard InChI is InChI=1S/C12H20N4O/c17-12-15-14-11(9-4-3-7-13-8-9)16(12)10-5-1-2-6-10/h9-10,13H,1-8H2,(H,15,17). The van der Waals surface area contributed by atoms with Gasteiger partial charge in [-0.2, -0.15) is 5.10 Å². The summed E-state index contributed by atoms with van der Waals surface area (Å²) in [6.07, 6.45) is 7.06. The maximum atomic E-state index is 11.9. The van der Waals surface area contributed by atoms with Gasteiger partial charge in [0.05, 0.1) is 0 Å². The van der Waals surface area contributed by atoms with Crippen LogP contribution in [0.1, 0.15) is 56.3 Å². The van der Waals surface area contributed by atoms with Crippen LogP contribution in [0, 0.1) is 0 Å². The Kier molecular flexibility index (Phi) is 3.01. The van der Waals surface area contributed by atoms with Crippen molar-refractivity contribution in [3.05, 3.63) is 16.3 Å². The lowest BCUT2D eigenvalue weighted by molar-refractivity contribution is 0.405. The third kappa shape index (κ3) is 2.04. The van der Waals surface area contributed by atoms with Crippen molar-refractivity contribution in [2.45, 2.75) is 50.5 Å². The number of aromatic nitrogens is 3. The SMILES string of the molecule is O=c1[nH]nc(C2CCCNC2)n1C1CCCC1. The van der Waals surface area contributed by atoms with Crippen molar-refractivity contribution >= 4 is 0 Å². The van der Waals surface area contributed by atoms with Crippen molar-refractivity contribution in [1.82, 2.24) is 20.1 Å². The van der Waals surface area contributed by atoms with Gasteiger partial charge in [0, 0.05) is 18.5 Å². The monoisotopic (exact) mass is 236 g/mol. The van der Waals surface area contributed by atoms with Gasteiger partial charge in [-0.3, -0.25) is 4.57 Å². The molecule has 3 rings (SSSR count). The van der Waals surface area contributed by atoms with E-state index in [9.17, 15) is 4.79 Å². The van der Waals surface area contributed by atoms with E-state index in [0.717, 1.165) is 38.2 Å². The molecule has 17 heavy (non-hydrogen) atoms. The molecule has 1 aliphatic carbocycles. The quantitative estimate of drug-likeness (QED) is 0.809. The molecule has 1 atom stereocenters. The molecule has 2 heterocycles. The Morgan fingerprint density at radius 1 is 1.18 bits per heavy atom. The van der Waals surface area contributed by atoms with E-state index in [0.29, 0.717) is 12.0 Å². The Bertz CT molecular complexity index is 424. The maximum absolute atomic E-state index is 11.9. The predicted octanol–water partition coefficient (Wildman–Crippen LogP) is 1.15. The summed E-state index contributed by atoms with van der Waals surface area (Å²) >= 11 is 0. The van der Waals surface area contributed by atoms with Crippen LogP contribution in [-0.4, -0.2) is 27.9 Å². The molecule has 0 spiro atoms. The van der Waals surface area contributed by atoms with E-state index >= 15 is 0 Å². The third-order valence-electron chi connectivity index (χ3n) is 4.08. The molecule has 1 aromatic rings. The van der Waals surface area contributed by atoms with Gasteiger partial charge in [0.15, 0.2) is 0 Å². The van der Waals surface area contributed by atoms with Crippen LogP contribution in [0.2, 0.25) is 0 Å². The van der Waals surface area contributed by atoms with E-state index in [-0.39, 0.29) is 5.69 Å². The van der Waals surface area contributed by atoms with E-state index < -0.39 is 0 Å². The first kappa shape index (κ1) is 11.0. The summed E-state index contributed by atoms with van der Waals surface area (Å²) < 4.78 is 1.94. The second-order valence-corrected chi connectivity index (χ2v) is 5.24. The van der Waals surface area contributed by atoms with E-state index in [2.05, 4.69) is 15.5 Å². The Morgan fingerprint density at radius 2 is 2.00 bits per heavy atom. The highest BCUT2D eigenvalue weighted by Crippen LogP contribution is 2.31. The molecule has 0 amide bonds. The van der Waals surface area contributed by atoms with Gasteiger partial charge in [-0.1, -0.05) is 12.8 Å². The molecule has 2 aliphatic rings. The summed E-state index contributed by atoms with van der Waals surface area (Å²) in [5.74, 6) is 1.39. The first-order valence-electron chi connectivity index (χ1n) is 6.74. The first-order valence-corrected chi connectivity index (χ1v) is 6.74. The Balaban J connectivity index is 1.90. The van der Waals surface area contributed by atoms with Gasteiger partial charge >= 0.3 is 5.69 Å². The average molecular weight is 236 g/mol. The smallest absolute Gasteiger partial charge is 0.316 e. The summed E-state index contributed by atoms with van der Waals surface area (Å²) in [7, 11) is 0. The van der Waals surface area contributed by atoms with Crippen LogP contribution in [0.25, 0.3) is 0 Å². The lowest BCUT2D eigenvalue weighted by Gasteiger charge is -2.24. The molecule has 0 radical (unpaired) electrons. The van der Waals surface area contributed by atoms with Crippen molar-refractivity contribution < 1.29 is 0 Å². The fourth-order valence-electron chi connectivity index (χ4n) is 3.19. The summed E-state index contributed by atoms with van der Waals surface area (Å²) in [6.45, 7) is 2.05. The number of H-pyrrole nitrogens is 1. The minimum atomic E-state index is -0.0162. The fourth-order valence-corrected chi connectivity index (χ4v) is 3.19. The van der Waals surface area contributed by atoms with Gasteiger partial charge in [0.1, 0.15) is 5.82 Å². The van der Waals surface area contributed by atoms with Crippen molar-refractivity contribution in [3.8, 4) is 0 Å². The highest BCUT2D eigenvalue weighted by Gasteiger charge is 2.27. The van der Waals surface area contributed by atoms with E-state index in [1.54, 1.807) is 0 Å². The molecule has 2 fully saturated rings.